The molecule has 1 saturated carbocycles. The molecule has 3 rings (SSSR count). The van der Waals surface area contributed by atoms with E-state index in [9.17, 15) is 19.2 Å². The smallest absolute Gasteiger partial charge is 0.338 e. The molecule has 0 aliphatic heterocycles. The summed E-state index contributed by atoms with van der Waals surface area (Å²) < 4.78 is 15.6. The first-order valence-electron chi connectivity index (χ1n) is 16.7. The topological polar surface area (TPSA) is 117 Å². The molecule has 2 aromatic carbocycles. The summed E-state index contributed by atoms with van der Waals surface area (Å²) in [5, 5.41) is 0. The molecule has 0 heterocycles. The van der Waals surface area contributed by atoms with Crippen LogP contribution in [0, 0.1) is 5.41 Å². The second-order valence-electron chi connectivity index (χ2n) is 12.1. The Hall–Kier alpha value is -3.40. The lowest BCUT2D eigenvalue weighted by atomic mass is 9.97. The molecule has 0 unspecified atom stereocenters. The Kier molecular flexibility index (Phi) is 17.2. The van der Waals surface area contributed by atoms with Gasteiger partial charge in [-0.2, -0.15) is 5.48 Å². The molecule has 0 spiro atoms. The molecule has 46 heavy (non-hydrogen) atoms. The van der Waals surface area contributed by atoms with Gasteiger partial charge in [-0.1, -0.05) is 54.6 Å². The number of carbonyl (C=O) groups is 4. The zero-order chi connectivity index (χ0) is 32.9. The van der Waals surface area contributed by atoms with Crippen LogP contribution >= 0.6 is 0 Å². The van der Waals surface area contributed by atoms with Crippen LogP contribution in [0.1, 0.15) is 87.3 Å². The normalized spacial score (nSPS) is 13.2. The molecule has 0 radical (unpaired) electrons. The van der Waals surface area contributed by atoms with Gasteiger partial charge in [-0.15, -0.1) is 0 Å². The number of aryl methyl sites for hydroxylation is 2. The Labute approximate surface area is 273 Å². The maximum absolute atomic E-state index is 12.7. The fraction of sp³-hybridized carbons (Fsp3) is 0.568. The first kappa shape index (κ1) is 37.1. The van der Waals surface area contributed by atoms with Gasteiger partial charge in [-0.25, -0.2) is 4.79 Å². The van der Waals surface area contributed by atoms with Crippen LogP contribution in [0.25, 0.3) is 0 Å². The predicted molar refractivity (Wildman–Crippen MR) is 175 cm³/mol. The number of benzene rings is 2. The highest BCUT2D eigenvalue weighted by Gasteiger charge is 2.51. The third-order valence-corrected chi connectivity index (χ3v) is 8.30. The minimum atomic E-state index is -0.699. The van der Waals surface area contributed by atoms with E-state index in [1.807, 2.05) is 30.3 Å². The molecule has 1 fully saturated rings. The molecule has 1 N–H and O–H groups in total. The molecule has 252 valence electrons. The Bertz CT molecular complexity index is 1190. The number of hydroxylamine groups is 1. The van der Waals surface area contributed by atoms with Gasteiger partial charge in [0.15, 0.2) is 0 Å². The molecule has 2 aromatic rings. The summed E-state index contributed by atoms with van der Waals surface area (Å²) in [4.78, 5) is 54.7. The number of nitrogens with one attached hydrogen (secondary N) is 1. The molecule has 1 aliphatic carbocycles. The highest BCUT2D eigenvalue weighted by atomic mass is 16.7. The summed E-state index contributed by atoms with van der Waals surface area (Å²) in [5.74, 6) is -0.721. The van der Waals surface area contributed by atoms with Crippen molar-refractivity contribution >= 4 is 23.4 Å². The third-order valence-electron chi connectivity index (χ3n) is 8.30. The van der Waals surface area contributed by atoms with Gasteiger partial charge in [-0.3, -0.25) is 14.4 Å². The number of unbranched alkanes of at least 4 members (excludes halogenated alkanes) is 1. The molecule has 1 aliphatic rings. The monoisotopic (exact) mass is 637 g/mol. The fourth-order valence-corrected chi connectivity index (χ4v) is 5.21. The van der Waals surface area contributed by atoms with Crippen molar-refractivity contribution in [1.29, 1.82) is 0 Å². The van der Waals surface area contributed by atoms with E-state index in [4.69, 9.17) is 19.0 Å². The van der Waals surface area contributed by atoms with Crippen molar-refractivity contribution in [1.82, 2.24) is 5.48 Å². The lowest BCUT2D eigenvalue weighted by molar-refractivity contribution is -0.163. The molecule has 0 atom stereocenters. The zero-order valence-electron chi connectivity index (χ0n) is 27.4. The second-order valence-corrected chi connectivity index (χ2v) is 12.1. The number of hydrogen-bond acceptors (Lipinski definition) is 8. The van der Waals surface area contributed by atoms with E-state index in [0.717, 1.165) is 31.2 Å². The van der Waals surface area contributed by atoms with Crippen LogP contribution in [0.15, 0.2) is 54.6 Å². The Morgan fingerprint density at radius 1 is 0.652 bits per heavy atom. The van der Waals surface area contributed by atoms with E-state index in [2.05, 4.69) is 29.7 Å². The number of hydrogen-bond donors (Lipinski definition) is 1. The van der Waals surface area contributed by atoms with Gasteiger partial charge in [-0.05, 0) is 74.5 Å². The minimum absolute atomic E-state index is 0.0346. The van der Waals surface area contributed by atoms with Crippen LogP contribution in [0.3, 0.4) is 0 Å². The number of methoxy groups -OCH3 is 1. The fourth-order valence-electron chi connectivity index (χ4n) is 5.21. The summed E-state index contributed by atoms with van der Waals surface area (Å²) in [6, 6.07) is 18.4. The summed E-state index contributed by atoms with van der Waals surface area (Å²) in [7, 11) is 1.62. The van der Waals surface area contributed by atoms with Gasteiger partial charge in [0.25, 0.3) is 5.91 Å². The van der Waals surface area contributed by atoms with Gasteiger partial charge in [0.05, 0.1) is 38.3 Å². The second kappa shape index (κ2) is 21.4. The van der Waals surface area contributed by atoms with Crippen molar-refractivity contribution in [2.75, 3.05) is 40.1 Å². The molecule has 0 saturated heterocycles. The Balaban J connectivity index is 1.20. The Morgan fingerprint density at radius 2 is 1.22 bits per heavy atom. The highest BCUT2D eigenvalue weighted by molar-refractivity contribution is 5.85. The average Bonchev–Trinajstić information content (AvgIpc) is 3.86. The summed E-state index contributed by atoms with van der Waals surface area (Å²) >= 11 is 0. The van der Waals surface area contributed by atoms with Crippen molar-refractivity contribution in [3.63, 3.8) is 0 Å². The van der Waals surface area contributed by atoms with Crippen LogP contribution in [-0.2, 0) is 57.5 Å². The van der Waals surface area contributed by atoms with Gasteiger partial charge in [0.1, 0.15) is 11.6 Å². The maximum atomic E-state index is 12.7. The van der Waals surface area contributed by atoms with Crippen LogP contribution in [0.2, 0.25) is 0 Å². The maximum Gasteiger partial charge on any atom is 0.338 e. The van der Waals surface area contributed by atoms with Crippen molar-refractivity contribution < 1.29 is 38.2 Å². The lowest BCUT2D eigenvalue weighted by Crippen LogP contribution is -2.32. The van der Waals surface area contributed by atoms with Crippen molar-refractivity contribution in [2.45, 2.75) is 89.9 Å². The number of amides is 1. The quantitative estimate of drug-likeness (QED) is 0.109. The number of rotatable bonds is 25. The van der Waals surface area contributed by atoms with Crippen LogP contribution in [0.5, 0.6) is 0 Å². The largest absolute Gasteiger partial charge is 0.382 e. The number of Topliss-reactive ketones (excluding diaryl/α,β-unsaturated/α-hetero) is 2. The first-order valence-corrected chi connectivity index (χ1v) is 16.7. The molecular weight excluding hydrogens is 586 g/mol. The van der Waals surface area contributed by atoms with Gasteiger partial charge in [0.2, 0.25) is 0 Å². The van der Waals surface area contributed by atoms with E-state index in [1.165, 1.54) is 11.1 Å². The van der Waals surface area contributed by atoms with E-state index in [1.54, 1.807) is 7.11 Å². The molecule has 1 amide bonds. The molecule has 9 heteroatoms. The van der Waals surface area contributed by atoms with Crippen molar-refractivity contribution in [2.24, 2.45) is 5.41 Å². The Morgan fingerprint density at radius 3 is 1.87 bits per heavy atom. The van der Waals surface area contributed by atoms with Crippen LogP contribution < -0.4 is 5.48 Å². The van der Waals surface area contributed by atoms with Gasteiger partial charge < -0.3 is 19.0 Å². The van der Waals surface area contributed by atoms with E-state index in [-0.39, 0.29) is 30.3 Å². The van der Waals surface area contributed by atoms with Gasteiger partial charge in [0, 0.05) is 39.4 Å². The van der Waals surface area contributed by atoms with E-state index in [0.29, 0.717) is 84.4 Å². The number of ether oxygens (including phenoxy) is 3. The minimum Gasteiger partial charge on any atom is -0.382 e. The highest BCUT2D eigenvalue weighted by Crippen LogP contribution is 2.50. The SMILES string of the molecule is COCCOCCOCCCC(=O)CCCC(=O)CCC1(C(=O)ONC(=O)Cc2ccc(CCCCc3ccccc3)cc2)CC1. The predicted octanol–water partition coefficient (Wildman–Crippen LogP) is 5.70. The van der Waals surface area contributed by atoms with E-state index < -0.39 is 11.4 Å². The summed E-state index contributed by atoms with van der Waals surface area (Å²) in [6.45, 7) is 2.57. The summed E-state index contributed by atoms with van der Waals surface area (Å²) in [6.07, 6.45) is 8.60. The molecular formula is C37H51NO8. The van der Waals surface area contributed by atoms with Crippen molar-refractivity contribution in [3.8, 4) is 0 Å². The third kappa shape index (κ3) is 15.3. The van der Waals surface area contributed by atoms with Crippen LogP contribution in [-0.4, -0.2) is 63.6 Å². The molecule has 0 aromatic heterocycles. The standard InChI is InChI=1S/C37H51NO8/c1-43-25-26-45-28-27-44-24-8-15-33(39)13-7-14-34(40)20-21-37(22-23-37)36(42)46-38-35(41)29-32-18-16-31(17-19-32)12-6-5-11-30-9-3-2-4-10-30/h2-4,9-10,16-19H,5-8,11-15,20-29H2,1H3,(H,38,41). The molecule has 9 nitrogen and oxygen atoms in total. The van der Waals surface area contributed by atoms with Gasteiger partial charge >= 0.3 is 5.97 Å². The molecule has 0 bridgehead atoms. The van der Waals surface area contributed by atoms with Crippen molar-refractivity contribution in [3.05, 3.63) is 71.3 Å². The zero-order valence-corrected chi connectivity index (χ0v) is 27.4. The first-order chi connectivity index (χ1) is 22.4. The number of carbonyl (C=O) groups excluding carboxylic acids is 4. The van der Waals surface area contributed by atoms with E-state index >= 15 is 0 Å². The average molecular weight is 638 g/mol. The number of ketones is 2. The lowest BCUT2D eigenvalue weighted by Gasteiger charge is -2.14. The summed E-state index contributed by atoms with van der Waals surface area (Å²) in [5.41, 5.74) is 5.03. The van der Waals surface area contributed by atoms with Crippen LogP contribution in [0.4, 0.5) is 0 Å².